The molecule has 2 aromatic heterocycles. The van der Waals surface area contributed by atoms with Crippen molar-refractivity contribution in [2.45, 2.75) is 25.7 Å². The van der Waals surface area contributed by atoms with E-state index in [0.717, 1.165) is 0 Å². The molecule has 1 aliphatic heterocycles. The topological polar surface area (TPSA) is 61.9 Å². The summed E-state index contributed by atoms with van der Waals surface area (Å²) < 4.78 is 27.2. The molecule has 0 aromatic carbocycles. The van der Waals surface area contributed by atoms with E-state index in [1.807, 2.05) is 0 Å². The molecule has 3 rings (SSSR count). The van der Waals surface area contributed by atoms with Gasteiger partial charge >= 0.3 is 0 Å². The van der Waals surface area contributed by atoms with Crippen LogP contribution in [0.5, 0.6) is 0 Å². The summed E-state index contributed by atoms with van der Waals surface area (Å²) in [5.74, 6) is -2.39. The number of aromatic amines is 1. The summed E-state index contributed by atoms with van der Waals surface area (Å²) in [6.45, 7) is 1.70. The predicted molar refractivity (Wildman–Crippen MR) is 82.1 cm³/mol. The monoisotopic (exact) mass is 346 g/mol. The molecule has 1 saturated heterocycles. The van der Waals surface area contributed by atoms with Gasteiger partial charge in [-0.15, -0.1) is 11.3 Å². The van der Waals surface area contributed by atoms with Crippen LogP contribution in [0.15, 0.2) is 10.3 Å². The zero-order valence-corrected chi connectivity index (χ0v) is 13.3. The number of nitrogens with one attached hydrogen (secondary N) is 1. The molecule has 0 atom stereocenters. The quantitative estimate of drug-likeness (QED) is 0.907. The van der Waals surface area contributed by atoms with Gasteiger partial charge in [0.1, 0.15) is 5.02 Å². The number of aryl methyl sites for hydroxylation is 1. The fourth-order valence-corrected chi connectivity index (χ4v) is 3.40. The van der Waals surface area contributed by atoms with E-state index in [9.17, 15) is 13.6 Å². The Labute approximate surface area is 134 Å². The molecule has 9 heteroatoms. The average molecular weight is 347 g/mol. The Kier molecular flexibility index (Phi) is 3.90. The molecule has 0 saturated carbocycles. The number of H-pyrrole nitrogens is 1. The normalized spacial score (nSPS) is 17.7. The van der Waals surface area contributed by atoms with Gasteiger partial charge in [0.15, 0.2) is 11.6 Å². The van der Waals surface area contributed by atoms with Crippen LogP contribution in [-0.4, -0.2) is 34.0 Å². The lowest BCUT2D eigenvalue weighted by Crippen LogP contribution is -2.43. The molecule has 0 aliphatic carbocycles. The van der Waals surface area contributed by atoms with Crippen molar-refractivity contribution in [3.8, 4) is 10.7 Å². The van der Waals surface area contributed by atoms with Crippen LogP contribution in [0.25, 0.3) is 10.7 Å². The summed E-state index contributed by atoms with van der Waals surface area (Å²) >= 11 is 7.31. The molecule has 0 unspecified atom stereocenters. The van der Waals surface area contributed by atoms with E-state index in [2.05, 4.69) is 15.0 Å². The van der Waals surface area contributed by atoms with Gasteiger partial charge in [-0.25, -0.2) is 18.7 Å². The number of thiazole rings is 1. The van der Waals surface area contributed by atoms with Gasteiger partial charge in [0.05, 0.1) is 22.6 Å². The second kappa shape index (κ2) is 5.58. The highest BCUT2D eigenvalue weighted by atomic mass is 35.5. The molecule has 0 amide bonds. The average Bonchev–Trinajstić information content (AvgIpc) is 2.87. The Balaban J connectivity index is 2.06. The minimum atomic E-state index is -2.80. The van der Waals surface area contributed by atoms with Gasteiger partial charge in [-0.05, 0) is 13.3 Å². The predicted octanol–water partition coefficient (Wildman–Crippen LogP) is 3.09. The van der Waals surface area contributed by atoms with E-state index in [4.69, 9.17) is 11.6 Å². The van der Waals surface area contributed by atoms with Crippen LogP contribution >= 0.6 is 22.9 Å². The minimum absolute atomic E-state index is 0.104. The molecule has 5 nitrogen and oxygen atoms in total. The number of piperidine rings is 1. The summed E-state index contributed by atoms with van der Waals surface area (Å²) in [6.07, 6.45) is 0.165. The number of aromatic nitrogens is 3. The van der Waals surface area contributed by atoms with Crippen molar-refractivity contribution in [3.05, 3.63) is 26.6 Å². The zero-order valence-electron chi connectivity index (χ0n) is 11.7. The molecular formula is C13H13ClF2N4OS. The Morgan fingerprint density at radius 3 is 2.91 bits per heavy atom. The van der Waals surface area contributed by atoms with Crippen molar-refractivity contribution in [1.82, 2.24) is 15.0 Å². The second-order valence-corrected chi connectivity index (χ2v) is 6.43. The van der Waals surface area contributed by atoms with Crippen LogP contribution in [-0.2, 0) is 0 Å². The van der Waals surface area contributed by atoms with Crippen LogP contribution in [0.4, 0.5) is 14.6 Å². The highest BCUT2D eigenvalue weighted by Gasteiger charge is 2.36. The smallest absolute Gasteiger partial charge is 0.272 e. The third-order valence-corrected chi connectivity index (χ3v) is 4.77. The summed E-state index contributed by atoms with van der Waals surface area (Å²) in [6, 6.07) is 0. The summed E-state index contributed by atoms with van der Waals surface area (Å²) in [5.41, 5.74) is 1.81. The lowest BCUT2D eigenvalue weighted by atomic mass is 10.1. The summed E-state index contributed by atoms with van der Waals surface area (Å²) in [5, 5.41) is -0.163. The summed E-state index contributed by atoms with van der Waals surface area (Å²) in [4.78, 5) is 25.1. The number of halogens is 3. The molecule has 118 valence electrons. The number of hydrogen-bond acceptors (Lipinski definition) is 5. The summed E-state index contributed by atoms with van der Waals surface area (Å²) in [7, 11) is 0. The van der Waals surface area contributed by atoms with Crippen LogP contribution in [0.1, 0.15) is 18.5 Å². The van der Waals surface area contributed by atoms with Crippen LogP contribution in [0.3, 0.4) is 0 Å². The largest absolute Gasteiger partial charge is 0.349 e. The van der Waals surface area contributed by atoms with Gasteiger partial charge in [0.2, 0.25) is 0 Å². The fourth-order valence-electron chi connectivity index (χ4n) is 2.44. The first-order valence-electron chi connectivity index (χ1n) is 6.70. The highest BCUT2D eigenvalue weighted by Crippen LogP contribution is 2.33. The SMILES string of the molecule is Cc1ncsc1-c1nc(N2CCCC(F)(F)C2)c(Cl)c(=O)[nH]1. The van der Waals surface area contributed by atoms with E-state index >= 15 is 0 Å². The first-order chi connectivity index (χ1) is 10.4. The second-order valence-electron chi connectivity index (χ2n) is 5.20. The first kappa shape index (κ1) is 15.4. The lowest BCUT2D eigenvalue weighted by molar-refractivity contribution is -0.0118. The highest BCUT2D eigenvalue weighted by molar-refractivity contribution is 7.13. The number of anilines is 1. The van der Waals surface area contributed by atoms with Gasteiger partial charge in [-0.2, -0.15) is 0 Å². The lowest BCUT2D eigenvalue weighted by Gasteiger charge is -2.33. The Hall–Kier alpha value is -1.54. The van der Waals surface area contributed by atoms with E-state index in [-0.39, 0.29) is 17.3 Å². The molecule has 0 spiro atoms. The van der Waals surface area contributed by atoms with Crippen molar-refractivity contribution < 1.29 is 8.78 Å². The van der Waals surface area contributed by atoms with Gasteiger partial charge in [0, 0.05) is 13.0 Å². The number of nitrogens with zero attached hydrogens (tertiary/aromatic N) is 3. The van der Waals surface area contributed by atoms with Crippen molar-refractivity contribution in [2.24, 2.45) is 0 Å². The Morgan fingerprint density at radius 1 is 1.50 bits per heavy atom. The van der Waals surface area contributed by atoms with Gasteiger partial charge in [0.25, 0.3) is 11.5 Å². The zero-order chi connectivity index (χ0) is 15.9. The third-order valence-electron chi connectivity index (χ3n) is 3.50. The van der Waals surface area contributed by atoms with Gasteiger partial charge < -0.3 is 9.88 Å². The van der Waals surface area contributed by atoms with Crippen LogP contribution in [0, 0.1) is 6.92 Å². The van der Waals surface area contributed by atoms with Gasteiger partial charge in [-0.1, -0.05) is 11.6 Å². The molecular weight excluding hydrogens is 334 g/mol. The van der Waals surface area contributed by atoms with E-state index in [1.54, 1.807) is 12.4 Å². The molecule has 1 fully saturated rings. The van der Waals surface area contributed by atoms with E-state index < -0.39 is 18.0 Å². The molecule has 2 aromatic rings. The molecule has 1 N–H and O–H groups in total. The Morgan fingerprint density at radius 2 is 2.27 bits per heavy atom. The van der Waals surface area contributed by atoms with Crippen molar-refractivity contribution >= 4 is 28.8 Å². The fraction of sp³-hybridized carbons (Fsp3) is 0.462. The minimum Gasteiger partial charge on any atom is -0.349 e. The maximum absolute atomic E-state index is 13.6. The van der Waals surface area contributed by atoms with Crippen molar-refractivity contribution in [2.75, 3.05) is 18.0 Å². The number of alkyl halides is 2. The maximum Gasteiger partial charge on any atom is 0.272 e. The van der Waals surface area contributed by atoms with Crippen LogP contribution in [0.2, 0.25) is 5.02 Å². The van der Waals surface area contributed by atoms with Crippen LogP contribution < -0.4 is 10.5 Å². The molecule has 0 bridgehead atoms. The maximum atomic E-state index is 13.6. The van der Waals surface area contributed by atoms with Crippen molar-refractivity contribution in [1.29, 1.82) is 0 Å². The number of hydrogen-bond donors (Lipinski definition) is 1. The molecule has 0 radical (unpaired) electrons. The van der Waals surface area contributed by atoms with Gasteiger partial charge in [-0.3, -0.25) is 4.79 Å². The van der Waals surface area contributed by atoms with Crippen molar-refractivity contribution in [3.63, 3.8) is 0 Å². The molecule has 1 aliphatic rings. The Bertz CT molecular complexity index is 761. The number of rotatable bonds is 2. The molecule has 3 heterocycles. The van der Waals surface area contributed by atoms with E-state index in [1.165, 1.54) is 16.2 Å². The first-order valence-corrected chi connectivity index (χ1v) is 7.96. The molecule has 22 heavy (non-hydrogen) atoms. The van der Waals surface area contributed by atoms with E-state index in [0.29, 0.717) is 29.4 Å². The third kappa shape index (κ3) is 2.85. The standard InChI is InChI=1S/C13H13ClF2N4OS/c1-7-9(22-6-17-7)10-18-11(8(14)12(21)19-10)20-4-2-3-13(15,16)5-20/h6H,2-5H2,1H3,(H,18,19,21).